The number of benzene rings is 1. The molecule has 0 spiro atoms. The molecular weight excluding hydrogens is 470 g/mol. The van der Waals surface area contributed by atoms with Gasteiger partial charge in [0.15, 0.2) is 0 Å². The number of likely N-dealkylation sites (tertiary alicyclic amines) is 1. The molecule has 0 amide bonds. The van der Waals surface area contributed by atoms with Gasteiger partial charge in [0.05, 0.1) is 24.5 Å². The maximum absolute atomic E-state index is 9.60. The van der Waals surface area contributed by atoms with Gasteiger partial charge < -0.3 is 29.3 Å². The number of ether oxygens (including phenoxy) is 3. The van der Waals surface area contributed by atoms with Crippen LogP contribution < -0.4 is 15.0 Å². The van der Waals surface area contributed by atoms with E-state index in [0.717, 1.165) is 74.4 Å². The smallest absolute Gasteiger partial charge is 0.293 e. The largest absolute Gasteiger partial charge is 0.483 e. The molecule has 9 nitrogen and oxygen atoms in total. The van der Waals surface area contributed by atoms with E-state index in [9.17, 15) is 4.79 Å². The van der Waals surface area contributed by atoms with Gasteiger partial charge in [0.1, 0.15) is 35.4 Å². The Kier molecular flexibility index (Phi) is 8.87. The molecule has 1 unspecified atom stereocenters. The molecule has 1 aromatic carbocycles. The standard InChI is InChI=1S/C23H31N5O2.C5H10O2/c1-3-19-21-22(24-15-25-23(21)28-10-12-29-13-11-28)26-18-14-17(4-5-20(18)30-19)16-6-8-27(2)9-7-16;1-5(2,3)7-4-6/h4-5,14-16,19H,3,6-13H2,1-2H3,(H,24,25,26);4H,1-3H3. The third-order valence-corrected chi connectivity index (χ3v) is 6.98. The fourth-order valence-electron chi connectivity index (χ4n) is 4.92. The van der Waals surface area contributed by atoms with Crippen molar-refractivity contribution in [3.8, 4) is 5.75 Å². The fourth-order valence-corrected chi connectivity index (χ4v) is 4.92. The summed E-state index contributed by atoms with van der Waals surface area (Å²) in [7, 11) is 2.20. The van der Waals surface area contributed by atoms with Crippen molar-refractivity contribution in [3.05, 3.63) is 35.7 Å². The van der Waals surface area contributed by atoms with Crippen molar-refractivity contribution in [1.82, 2.24) is 14.9 Å². The zero-order valence-electron chi connectivity index (χ0n) is 22.8. The molecule has 5 rings (SSSR count). The van der Waals surface area contributed by atoms with Crippen LogP contribution in [0.15, 0.2) is 24.5 Å². The van der Waals surface area contributed by atoms with Gasteiger partial charge >= 0.3 is 0 Å². The Labute approximate surface area is 220 Å². The van der Waals surface area contributed by atoms with Gasteiger partial charge in [0.2, 0.25) is 0 Å². The fraction of sp³-hybridized carbons (Fsp3) is 0.607. The Bertz CT molecular complexity index is 1040. The first-order valence-corrected chi connectivity index (χ1v) is 13.3. The van der Waals surface area contributed by atoms with Crippen LogP contribution in [0.2, 0.25) is 0 Å². The van der Waals surface area contributed by atoms with Crippen molar-refractivity contribution < 1.29 is 19.0 Å². The van der Waals surface area contributed by atoms with Crippen molar-refractivity contribution in [3.63, 3.8) is 0 Å². The average molecular weight is 512 g/mol. The minimum absolute atomic E-state index is 0.0815. The van der Waals surface area contributed by atoms with E-state index < -0.39 is 0 Å². The van der Waals surface area contributed by atoms with E-state index in [0.29, 0.717) is 12.4 Å². The highest BCUT2D eigenvalue weighted by Crippen LogP contribution is 2.44. The summed E-state index contributed by atoms with van der Waals surface area (Å²) in [6.07, 6.45) is 4.84. The topological polar surface area (TPSA) is 89.1 Å². The molecule has 1 atom stereocenters. The van der Waals surface area contributed by atoms with Crippen molar-refractivity contribution in [1.29, 1.82) is 0 Å². The molecule has 2 aromatic rings. The SMILES string of the molecule is CC(C)(C)OC=O.CCC1Oc2ccc(C3CCN(C)CC3)cc2Nc2ncnc(N3CCOCC3)c21. The van der Waals surface area contributed by atoms with Gasteiger partial charge in [-0.3, -0.25) is 4.79 Å². The number of nitrogens with one attached hydrogen (secondary N) is 1. The van der Waals surface area contributed by atoms with E-state index in [2.05, 4.69) is 62.0 Å². The summed E-state index contributed by atoms with van der Waals surface area (Å²) >= 11 is 0. The third kappa shape index (κ3) is 6.90. The number of carbonyl (C=O) groups excluding carboxylic acids is 1. The Hall–Kier alpha value is -2.91. The molecule has 37 heavy (non-hydrogen) atoms. The Balaban J connectivity index is 0.000000405. The molecule has 3 aliphatic heterocycles. The van der Waals surface area contributed by atoms with E-state index in [-0.39, 0.29) is 11.7 Å². The van der Waals surface area contributed by atoms with E-state index in [4.69, 9.17) is 9.47 Å². The number of rotatable bonds is 4. The lowest BCUT2D eigenvalue weighted by Gasteiger charge is -2.31. The van der Waals surface area contributed by atoms with Crippen molar-refractivity contribution in [2.24, 2.45) is 0 Å². The minimum Gasteiger partial charge on any atom is -0.483 e. The quantitative estimate of drug-likeness (QED) is 0.588. The molecule has 4 heterocycles. The second-order valence-corrected chi connectivity index (χ2v) is 10.9. The van der Waals surface area contributed by atoms with Crippen LogP contribution in [0.5, 0.6) is 5.75 Å². The number of fused-ring (bicyclic) bond motifs is 2. The van der Waals surface area contributed by atoms with Gasteiger partial charge in [0.25, 0.3) is 6.47 Å². The van der Waals surface area contributed by atoms with Crippen LogP contribution in [-0.4, -0.2) is 73.4 Å². The predicted octanol–water partition coefficient (Wildman–Crippen LogP) is 4.67. The summed E-state index contributed by atoms with van der Waals surface area (Å²) < 4.78 is 16.6. The van der Waals surface area contributed by atoms with Gasteiger partial charge in [-0.15, -0.1) is 0 Å². The van der Waals surface area contributed by atoms with Crippen LogP contribution in [0.1, 0.15) is 70.1 Å². The minimum atomic E-state index is -0.318. The van der Waals surface area contributed by atoms with Crippen molar-refractivity contribution >= 4 is 23.8 Å². The molecule has 2 saturated heterocycles. The lowest BCUT2D eigenvalue weighted by Crippen LogP contribution is -2.38. The second kappa shape index (κ2) is 12.1. The maximum atomic E-state index is 9.60. The van der Waals surface area contributed by atoms with Gasteiger partial charge in [-0.1, -0.05) is 13.0 Å². The van der Waals surface area contributed by atoms with E-state index >= 15 is 0 Å². The number of hydrogen-bond acceptors (Lipinski definition) is 9. The molecule has 0 radical (unpaired) electrons. The Morgan fingerprint density at radius 1 is 1.14 bits per heavy atom. The number of morpholine rings is 1. The Morgan fingerprint density at radius 2 is 1.86 bits per heavy atom. The van der Waals surface area contributed by atoms with Crippen LogP contribution in [-0.2, 0) is 14.3 Å². The Morgan fingerprint density at radius 3 is 2.49 bits per heavy atom. The number of carbonyl (C=O) groups is 1. The predicted molar refractivity (Wildman–Crippen MR) is 145 cm³/mol. The van der Waals surface area contributed by atoms with Crippen molar-refractivity contribution in [2.75, 3.05) is 56.7 Å². The molecule has 3 aliphatic rings. The summed E-state index contributed by atoms with van der Waals surface area (Å²) in [5, 5.41) is 3.59. The summed E-state index contributed by atoms with van der Waals surface area (Å²) in [5.74, 6) is 3.32. The summed E-state index contributed by atoms with van der Waals surface area (Å²) in [5.41, 5.74) is 3.13. The maximum Gasteiger partial charge on any atom is 0.293 e. The molecule has 202 valence electrons. The zero-order chi connectivity index (χ0) is 26.4. The second-order valence-electron chi connectivity index (χ2n) is 10.9. The van der Waals surface area contributed by atoms with E-state index in [1.54, 1.807) is 6.33 Å². The van der Waals surface area contributed by atoms with E-state index in [1.807, 2.05) is 20.8 Å². The number of anilines is 3. The molecule has 9 heteroatoms. The number of aromatic nitrogens is 2. The lowest BCUT2D eigenvalue weighted by atomic mass is 9.89. The summed E-state index contributed by atoms with van der Waals surface area (Å²) in [6.45, 7) is 13.5. The molecule has 1 aromatic heterocycles. The average Bonchev–Trinajstić information content (AvgIpc) is 3.05. The van der Waals surface area contributed by atoms with Gasteiger partial charge in [-0.05, 0) is 83.8 Å². The first-order chi connectivity index (χ1) is 17.8. The number of nitrogens with zero attached hydrogens (tertiary/aromatic N) is 4. The molecule has 0 saturated carbocycles. The van der Waals surface area contributed by atoms with Crippen molar-refractivity contribution in [2.45, 2.75) is 64.6 Å². The number of hydrogen-bond donors (Lipinski definition) is 1. The van der Waals surface area contributed by atoms with Gasteiger partial charge in [-0.2, -0.15) is 0 Å². The van der Waals surface area contributed by atoms with Crippen LogP contribution >= 0.6 is 0 Å². The van der Waals surface area contributed by atoms with Gasteiger partial charge in [-0.25, -0.2) is 9.97 Å². The lowest BCUT2D eigenvalue weighted by molar-refractivity contribution is -0.138. The van der Waals surface area contributed by atoms with Gasteiger partial charge in [0, 0.05) is 13.1 Å². The van der Waals surface area contributed by atoms with Crippen LogP contribution in [0.4, 0.5) is 17.3 Å². The molecule has 0 aliphatic carbocycles. The molecule has 1 N–H and O–H groups in total. The first kappa shape index (κ1) is 27.1. The molecule has 2 fully saturated rings. The third-order valence-electron chi connectivity index (χ3n) is 6.98. The summed E-state index contributed by atoms with van der Waals surface area (Å²) in [6, 6.07) is 6.64. The highest BCUT2D eigenvalue weighted by molar-refractivity contribution is 5.72. The van der Waals surface area contributed by atoms with E-state index in [1.165, 1.54) is 18.4 Å². The first-order valence-electron chi connectivity index (χ1n) is 13.3. The number of piperidine rings is 1. The molecular formula is C28H41N5O4. The normalized spacial score (nSPS) is 20.2. The summed E-state index contributed by atoms with van der Waals surface area (Å²) in [4.78, 5) is 23.6. The monoisotopic (exact) mass is 511 g/mol. The van der Waals surface area contributed by atoms with Crippen LogP contribution in [0.3, 0.4) is 0 Å². The molecule has 0 bridgehead atoms. The highest BCUT2D eigenvalue weighted by Gasteiger charge is 2.30. The van der Waals surface area contributed by atoms with Crippen LogP contribution in [0, 0.1) is 0 Å². The highest BCUT2D eigenvalue weighted by atomic mass is 16.5. The zero-order valence-corrected chi connectivity index (χ0v) is 22.8. The van der Waals surface area contributed by atoms with Crippen LogP contribution in [0.25, 0.3) is 0 Å².